The quantitative estimate of drug-likeness (QED) is 0.878. The summed E-state index contributed by atoms with van der Waals surface area (Å²) < 4.78 is 0. The Morgan fingerprint density at radius 2 is 2.11 bits per heavy atom. The summed E-state index contributed by atoms with van der Waals surface area (Å²) in [5.74, 6) is 0. The number of hydrogen-bond donors (Lipinski definition) is 1. The van der Waals surface area contributed by atoms with Gasteiger partial charge in [-0.3, -0.25) is 4.90 Å². The predicted octanol–water partition coefficient (Wildman–Crippen LogP) is 1.09. The minimum Gasteiger partial charge on any atom is -0.304 e. The summed E-state index contributed by atoms with van der Waals surface area (Å²) in [7, 11) is 4.01. The molecule has 0 radical (unpaired) electrons. The van der Waals surface area contributed by atoms with Crippen LogP contribution in [0.2, 0.25) is 0 Å². The van der Waals surface area contributed by atoms with Crippen LogP contribution in [0.1, 0.15) is 11.6 Å². The number of hydrogen-bond acceptors (Lipinski definition) is 4. The van der Waals surface area contributed by atoms with Gasteiger partial charge in [-0.1, -0.05) is 30.3 Å². The van der Waals surface area contributed by atoms with Gasteiger partial charge in [-0.25, -0.2) is 0 Å². The third kappa shape index (κ3) is 3.54. The number of nitriles is 1. The van der Waals surface area contributed by atoms with Crippen LogP contribution in [-0.2, 0) is 0 Å². The molecule has 2 unspecified atom stereocenters. The summed E-state index contributed by atoms with van der Waals surface area (Å²) in [6.45, 7) is 3.87. The minimum atomic E-state index is -0.102. The van der Waals surface area contributed by atoms with Crippen molar-refractivity contribution >= 4 is 0 Å². The Hall–Kier alpha value is -1.41. The Balaban J connectivity index is 2.13. The molecular formula is C15H22N4. The van der Waals surface area contributed by atoms with Crippen LogP contribution in [0.3, 0.4) is 0 Å². The van der Waals surface area contributed by atoms with Crippen LogP contribution in [-0.4, -0.2) is 56.1 Å². The molecule has 1 saturated heterocycles. The highest BCUT2D eigenvalue weighted by atomic mass is 15.3. The van der Waals surface area contributed by atoms with Crippen molar-refractivity contribution in [3.8, 4) is 6.07 Å². The molecule has 102 valence electrons. The molecule has 0 spiro atoms. The smallest absolute Gasteiger partial charge is 0.108 e. The van der Waals surface area contributed by atoms with Gasteiger partial charge in [0, 0.05) is 32.2 Å². The van der Waals surface area contributed by atoms with E-state index in [0.29, 0.717) is 6.04 Å². The van der Waals surface area contributed by atoms with Crippen molar-refractivity contribution in [3.63, 3.8) is 0 Å². The van der Waals surface area contributed by atoms with Crippen LogP contribution in [0.4, 0.5) is 0 Å². The van der Waals surface area contributed by atoms with Crippen molar-refractivity contribution in [1.82, 2.24) is 15.1 Å². The molecule has 1 aromatic rings. The first-order chi connectivity index (χ1) is 9.24. The fourth-order valence-electron chi connectivity index (χ4n) is 2.60. The van der Waals surface area contributed by atoms with Gasteiger partial charge >= 0.3 is 0 Å². The largest absolute Gasteiger partial charge is 0.304 e. The number of likely N-dealkylation sites (N-methyl/N-ethyl adjacent to an activating group) is 2. The Kier molecular flexibility index (Phi) is 4.92. The summed E-state index contributed by atoms with van der Waals surface area (Å²) in [6, 6.07) is 13.2. The first-order valence-corrected chi connectivity index (χ1v) is 6.79. The molecule has 1 aliphatic heterocycles. The van der Waals surface area contributed by atoms with Crippen LogP contribution in [0.5, 0.6) is 0 Å². The predicted molar refractivity (Wildman–Crippen MR) is 76.7 cm³/mol. The number of nitrogens with zero attached hydrogens (tertiary/aromatic N) is 3. The molecule has 1 N–H and O–H groups in total. The molecule has 4 nitrogen and oxygen atoms in total. The van der Waals surface area contributed by atoms with Crippen molar-refractivity contribution in [2.75, 3.05) is 40.3 Å². The van der Waals surface area contributed by atoms with E-state index in [1.165, 1.54) is 5.56 Å². The first kappa shape index (κ1) is 14.0. The lowest BCUT2D eigenvalue weighted by Crippen LogP contribution is -2.50. The van der Waals surface area contributed by atoms with E-state index in [9.17, 15) is 0 Å². The zero-order valence-electron chi connectivity index (χ0n) is 11.7. The van der Waals surface area contributed by atoms with Crippen LogP contribution in [0.15, 0.2) is 30.3 Å². The Morgan fingerprint density at radius 3 is 2.74 bits per heavy atom. The maximum atomic E-state index is 9.12. The second kappa shape index (κ2) is 6.67. The van der Waals surface area contributed by atoms with E-state index in [0.717, 1.165) is 26.2 Å². The fourth-order valence-corrected chi connectivity index (χ4v) is 2.60. The van der Waals surface area contributed by atoms with Crippen LogP contribution in [0.25, 0.3) is 0 Å². The Bertz CT molecular complexity index is 426. The van der Waals surface area contributed by atoms with Gasteiger partial charge in [-0.2, -0.15) is 5.26 Å². The van der Waals surface area contributed by atoms with Gasteiger partial charge in [0.15, 0.2) is 0 Å². The monoisotopic (exact) mass is 258 g/mol. The van der Waals surface area contributed by atoms with Crippen LogP contribution < -0.4 is 5.32 Å². The number of rotatable bonds is 4. The highest BCUT2D eigenvalue weighted by molar-refractivity contribution is 5.20. The maximum Gasteiger partial charge on any atom is 0.108 e. The van der Waals surface area contributed by atoms with Crippen molar-refractivity contribution in [3.05, 3.63) is 35.9 Å². The number of piperazine rings is 1. The number of benzene rings is 1. The lowest BCUT2D eigenvalue weighted by Gasteiger charge is -2.41. The highest BCUT2D eigenvalue weighted by Gasteiger charge is 2.27. The zero-order chi connectivity index (χ0) is 13.7. The summed E-state index contributed by atoms with van der Waals surface area (Å²) in [5.41, 5.74) is 1.34. The van der Waals surface area contributed by atoms with E-state index >= 15 is 0 Å². The molecular weight excluding hydrogens is 236 g/mol. The molecule has 1 aromatic carbocycles. The lowest BCUT2D eigenvalue weighted by atomic mass is 10.0. The molecule has 4 heteroatoms. The van der Waals surface area contributed by atoms with E-state index in [1.807, 2.05) is 13.1 Å². The molecule has 1 heterocycles. The third-order valence-corrected chi connectivity index (χ3v) is 3.80. The van der Waals surface area contributed by atoms with Gasteiger partial charge in [-0.05, 0) is 19.7 Å². The fraction of sp³-hybridized carbons (Fsp3) is 0.533. The van der Waals surface area contributed by atoms with Crippen LogP contribution in [0, 0.1) is 11.3 Å². The molecule has 0 aliphatic carbocycles. The Labute approximate surface area is 115 Å². The van der Waals surface area contributed by atoms with Gasteiger partial charge in [0.2, 0.25) is 0 Å². The van der Waals surface area contributed by atoms with Crippen molar-refractivity contribution < 1.29 is 0 Å². The molecule has 19 heavy (non-hydrogen) atoms. The topological polar surface area (TPSA) is 42.3 Å². The summed E-state index contributed by atoms with van der Waals surface area (Å²) in [5, 5.41) is 12.2. The standard InChI is InChI=1S/C15H22N4/c1-17-14(10-16)11-19-9-8-18(2)12-15(19)13-6-4-3-5-7-13/h3-7,14-15,17H,8-9,11-12H2,1-2H3. The van der Waals surface area contributed by atoms with Gasteiger partial charge in [-0.15, -0.1) is 0 Å². The molecule has 1 aliphatic rings. The number of nitrogens with one attached hydrogen (secondary N) is 1. The van der Waals surface area contributed by atoms with Gasteiger partial charge in [0.1, 0.15) is 6.04 Å². The highest BCUT2D eigenvalue weighted by Crippen LogP contribution is 2.24. The average Bonchev–Trinajstić information content (AvgIpc) is 2.47. The van der Waals surface area contributed by atoms with Gasteiger partial charge < -0.3 is 10.2 Å². The van der Waals surface area contributed by atoms with E-state index in [1.54, 1.807) is 0 Å². The van der Waals surface area contributed by atoms with Crippen molar-refractivity contribution in [2.45, 2.75) is 12.1 Å². The average molecular weight is 258 g/mol. The maximum absolute atomic E-state index is 9.12. The molecule has 0 saturated carbocycles. The SMILES string of the molecule is CNC(C#N)CN1CCN(C)CC1c1ccccc1. The second-order valence-electron chi connectivity index (χ2n) is 5.15. The summed E-state index contributed by atoms with van der Waals surface area (Å²) >= 11 is 0. The van der Waals surface area contributed by atoms with E-state index in [2.05, 4.69) is 52.5 Å². The first-order valence-electron chi connectivity index (χ1n) is 6.79. The zero-order valence-corrected chi connectivity index (χ0v) is 11.7. The molecule has 2 rings (SSSR count). The molecule has 1 fully saturated rings. The molecule has 2 atom stereocenters. The molecule has 0 bridgehead atoms. The second-order valence-corrected chi connectivity index (χ2v) is 5.15. The van der Waals surface area contributed by atoms with E-state index in [4.69, 9.17) is 5.26 Å². The summed E-state index contributed by atoms with van der Waals surface area (Å²) in [4.78, 5) is 4.77. The normalized spacial score (nSPS) is 22.9. The Morgan fingerprint density at radius 1 is 1.37 bits per heavy atom. The van der Waals surface area contributed by atoms with Crippen LogP contribution >= 0.6 is 0 Å². The van der Waals surface area contributed by atoms with E-state index < -0.39 is 0 Å². The van der Waals surface area contributed by atoms with Crippen molar-refractivity contribution in [1.29, 1.82) is 5.26 Å². The van der Waals surface area contributed by atoms with E-state index in [-0.39, 0.29) is 6.04 Å². The molecule has 0 amide bonds. The lowest BCUT2D eigenvalue weighted by molar-refractivity contribution is 0.0861. The minimum absolute atomic E-state index is 0.102. The van der Waals surface area contributed by atoms with Gasteiger partial charge in [0.25, 0.3) is 0 Å². The van der Waals surface area contributed by atoms with Crippen molar-refractivity contribution in [2.24, 2.45) is 0 Å². The third-order valence-electron chi connectivity index (χ3n) is 3.80. The summed E-state index contributed by atoms with van der Waals surface area (Å²) in [6.07, 6.45) is 0. The van der Waals surface area contributed by atoms with Gasteiger partial charge in [0.05, 0.1) is 6.07 Å². The molecule has 0 aromatic heterocycles.